The second-order valence-corrected chi connectivity index (χ2v) is 13.6. The maximum absolute atomic E-state index is 11.7. The Labute approximate surface area is 131 Å². The molecular formula is C13H31NO5Si2. The highest BCUT2D eigenvalue weighted by Crippen LogP contribution is 2.15. The molecule has 0 unspecified atom stereocenters. The molecule has 0 radical (unpaired) electrons. The number of carbonyl (C=O) groups excluding carboxylic acids is 1. The zero-order chi connectivity index (χ0) is 16.5. The monoisotopic (exact) mass is 337 g/mol. The van der Waals surface area contributed by atoms with Crippen molar-refractivity contribution in [2.75, 3.05) is 41.5 Å². The number of rotatable bonds is 11. The average Bonchev–Trinajstić information content (AvgIpc) is 2.40. The van der Waals surface area contributed by atoms with Crippen LogP contribution in [0, 0.1) is 0 Å². The van der Waals surface area contributed by atoms with Crippen molar-refractivity contribution in [2.45, 2.75) is 38.5 Å². The molecule has 0 bridgehead atoms. The van der Waals surface area contributed by atoms with E-state index >= 15 is 0 Å². The second-order valence-electron chi connectivity index (χ2n) is 6.04. The summed E-state index contributed by atoms with van der Waals surface area (Å²) in [6, 6.07) is 0.764. The lowest BCUT2D eigenvalue weighted by molar-refractivity contribution is -0.135. The van der Waals surface area contributed by atoms with E-state index in [-0.39, 0.29) is 5.97 Å². The van der Waals surface area contributed by atoms with Gasteiger partial charge in [-0.05, 0) is 39.7 Å². The standard InChI is InChI=1S/C13H31NO5Si2/c1-14(11-9-13(15)19-20(5,6)7)10-8-12-21(16-2,17-3)18-4/h8-12H2,1-7H3. The largest absolute Gasteiger partial charge is 0.520 e. The van der Waals surface area contributed by atoms with Gasteiger partial charge >= 0.3 is 8.80 Å². The normalized spacial score (nSPS) is 12.8. The van der Waals surface area contributed by atoms with Crippen molar-refractivity contribution in [3.05, 3.63) is 0 Å². The van der Waals surface area contributed by atoms with Crippen molar-refractivity contribution in [1.29, 1.82) is 0 Å². The molecule has 0 rings (SSSR count). The lowest BCUT2D eigenvalue weighted by Crippen LogP contribution is -2.43. The molecule has 0 aliphatic heterocycles. The van der Waals surface area contributed by atoms with Gasteiger partial charge in [-0.2, -0.15) is 0 Å². The van der Waals surface area contributed by atoms with Gasteiger partial charge in [0.1, 0.15) is 0 Å². The highest BCUT2D eigenvalue weighted by Gasteiger charge is 2.36. The summed E-state index contributed by atoms with van der Waals surface area (Å²) in [5, 5.41) is 0. The Morgan fingerprint density at radius 3 is 1.95 bits per heavy atom. The number of hydrogen-bond donors (Lipinski definition) is 0. The van der Waals surface area contributed by atoms with Crippen molar-refractivity contribution in [1.82, 2.24) is 4.90 Å². The van der Waals surface area contributed by atoms with Crippen molar-refractivity contribution < 1.29 is 22.5 Å². The van der Waals surface area contributed by atoms with E-state index < -0.39 is 17.1 Å². The van der Waals surface area contributed by atoms with Gasteiger partial charge in [0.05, 0.1) is 6.42 Å². The predicted molar refractivity (Wildman–Crippen MR) is 87.8 cm³/mol. The van der Waals surface area contributed by atoms with E-state index in [1.54, 1.807) is 21.3 Å². The molecule has 0 saturated carbocycles. The number of nitrogens with zero attached hydrogens (tertiary/aromatic N) is 1. The minimum absolute atomic E-state index is 0.101. The predicted octanol–water partition coefficient (Wildman–Crippen LogP) is 1.95. The van der Waals surface area contributed by atoms with Gasteiger partial charge < -0.3 is 22.6 Å². The SMILES string of the molecule is CO[Si](CCCN(C)CCC(=O)O[Si](C)(C)C)(OC)OC. The van der Waals surface area contributed by atoms with E-state index in [0.717, 1.165) is 19.0 Å². The van der Waals surface area contributed by atoms with Crippen LogP contribution in [0.3, 0.4) is 0 Å². The molecule has 0 amide bonds. The van der Waals surface area contributed by atoms with E-state index in [4.69, 9.17) is 17.7 Å². The summed E-state index contributed by atoms with van der Waals surface area (Å²) in [7, 11) is 2.62. The van der Waals surface area contributed by atoms with E-state index in [1.165, 1.54) is 0 Å². The zero-order valence-corrected chi connectivity index (χ0v) is 16.5. The van der Waals surface area contributed by atoms with Gasteiger partial charge in [-0.15, -0.1) is 0 Å². The van der Waals surface area contributed by atoms with Crippen LogP contribution < -0.4 is 0 Å². The van der Waals surface area contributed by atoms with Gasteiger partial charge in [0, 0.05) is 33.9 Å². The van der Waals surface area contributed by atoms with Crippen LogP contribution in [0.5, 0.6) is 0 Å². The van der Waals surface area contributed by atoms with Crippen LogP contribution in [-0.2, 0) is 22.5 Å². The molecule has 0 heterocycles. The molecule has 0 aliphatic carbocycles. The molecule has 0 aromatic heterocycles. The molecule has 0 fully saturated rings. The molecule has 126 valence electrons. The Morgan fingerprint density at radius 1 is 1.00 bits per heavy atom. The van der Waals surface area contributed by atoms with Crippen LogP contribution in [0.1, 0.15) is 12.8 Å². The molecule has 0 atom stereocenters. The average molecular weight is 338 g/mol. The Kier molecular flexibility index (Phi) is 9.58. The van der Waals surface area contributed by atoms with Gasteiger partial charge in [-0.1, -0.05) is 0 Å². The molecule has 0 saturated heterocycles. The summed E-state index contributed by atoms with van der Waals surface area (Å²) >= 11 is 0. The summed E-state index contributed by atoms with van der Waals surface area (Å²) in [5.41, 5.74) is 0. The van der Waals surface area contributed by atoms with Crippen LogP contribution in [0.2, 0.25) is 25.7 Å². The Balaban J connectivity index is 3.96. The summed E-state index contributed by atoms with van der Waals surface area (Å²) in [6.45, 7) is 7.60. The molecule has 8 heteroatoms. The van der Waals surface area contributed by atoms with Crippen molar-refractivity contribution in [3.63, 3.8) is 0 Å². The van der Waals surface area contributed by atoms with Gasteiger partial charge in [-0.3, -0.25) is 4.79 Å². The van der Waals surface area contributed by atoms with E-state index in [1.807, 2.05) is 26.7 Å². The van der Waals surface area contributed by atoms with Crippen LogP contribution in [0.25, 0.3) is 0 Å². The summed E-state index contributed by atoms with van der Waals surface area (Å²) in [6.07, 6.45) is 1.34. The molecule has 0 aromatic carbocycles. The Hall–Kier alpha value is -0.256. The van der Waals surface area contributed by atoms with E-state index in [0.29, 0.717) is 13.0 Å². The van der Waals surface area contributed by atoms with Crippen molar-refractivity contribution >= 4 is 23.1 Å². The lowest BCUT2D eigenvalue weighted by Gasteiger charge is -2.25. The second kappa shape index (κ2) is 9.70. The fraction of sp³-hybridized carbons (Fsp3) is 0.923. The lowest BCUT2D eigenvalue weighted by atomic mass is 10.3. The highest BCUT2D eigenvalue weighted by molar-refractivity contribution is 6.71. The zero-order valence-electron chi connectivity index (χ0n) is 14.5. The molecule has 6 nitrogen and oxygen atoms in total. The molecule has 21 heavy (non-hydrogen) atoms. The fourth-order valence-electron chi connectivity index (χ4n) is 1.91. The Morgan fingerprint density at radius 2 is 1.52 bits per heavy atom. The maximum atomic E-state index is 11.7. The smallest absolute Gasteiger partial charge is 0.500 e. The first-order valence-corrected chi connectivity index (χ1v) is 12.6. The van der Waals surface area contributed by atoms with Gasteiger partial charge in [-0.25, -0.2) is 0 Å². The molecule has 0 spiro atoms. The van der Waals surface area contributed by atoms with E-state index in [2.05, 4.69) is 4.90 Å². The van der Waals surface area contributed by atoms with Crippen molar-refractivity contribution in [2.24, 2.45) is 0 Å². The van der Waals surface area contributed by atoms with Crippen LogP contribution in [-0.4, -0.2) is 69.5 Å². The summed E-state index contributed by atoms with van der Waals surface area (Å²) in [4.78, 5) is 13.8. The molecule has 0 N–H and O–H groups in total. The highest BCUT2D eigenvalue weighted by atomic mass is 28.4. The molecule has 0 aliphatic rings. The van der Waals surface area contributed by atoms with E-state index in [9.17, 15) is 4.79 Å². The quantitative estimate of drug-likeness (QED) is 0.537. The first-order chi connectivity index (χ1) is 9.68. The third-order valence-electron chi connectivity index (χ3n) is 3.07. The topological polar surface area (TPSA) is 57.2 Å². The third kappa shape index (κ3) is 9.38. The van der Waals surface area contributed by atoms with Gasteiger partial charge in [0.2, 0.25) is 8.32 Å². The first kappa shape index (κ1) is 20.7. The summed E-state index contributed by atoms with van der Waals surface area (Å²) < 4.78 is 21.6. The minimum atomic E-state index is -2.47. The van der Waals surface area contributed by atoms with Crippen LogP contribution in [0.15, 0.2) is 0 Å². The van der Waals surface area contributed by atoms with Crippen LogP contribution >= 0.6 is 0 Å². The molecular weight excluding hydrogens is 306 g/mol. The third-order valence-corrected chi connectivity index (χ3v) is 6.75. The van der Waals surface area contributed by atoms with Gasteiger partial charge in [0.25, 0.3) is 5.97 Å². The van der Waals surface area contributed by atoms with Crippen LogP contribution in [0.4, 0.5) is 0 Å². The van der Waals surface area contributed by atoms with Gasteiger partial charge in [0.15, 0.2) is 0 Å². The van der Waals surface area contributed by atoms with Crippen molar-refractivity contribution in [3.8, 4) is 0 Å². The number of hydrogen-bond acceptors (Lipinski definition) is 6. The Bertz CT molecular complexity index is 297. The fourth-order valence-corrected chi connectivity index (χ4v) is 4.40. The first-order valence-electron chi connectivity index (χ1n) is 7.24. The molecule has 0 aromatic rings. The minimum Gasteiger partial charge on any atom is -0.520 e. The summed E-state index contributed by atoms with van der Waals surface area (Å²) in [5.74, 6) is -0.101. The maximum Gasteiger partial charge on any atom is 0.500 e. The number of carbonyl (C=O) groups is 1.